The van der Waals surface area contributed by atoms with E-state index in [0.29, 0.717) is 23.7 Å². The molecular weight excluding hydrogens is 382 g/mol. The smallest absolute Gasteiger partial charge is 0.269 e. The van der Waals surface area contributed by atoms with Crippen molar-refractivity contribution in [3.05, 3.63) is 59.5 Å². The normalized spacial score (nSPS) is 15.0. The summed E-state index contributed by atoms with van der Waals surface area (Å²) in [5.74, 6) is 1.20. The first-order valence-electron chi connectivity index (χ1n) is 9.65. The van der Waals surface area contributed by atoms with Crippen LogP contribution in [0.2, 0.25) is 0 Å². The van der Waals surface area contributed by atoms with Crippen molar-refractivity contribution in [1.82, 2.24) is 9.88 Å². The molecule has 154 valence electrons. The van der Waals surface area contributed by atoms with Crippen molar-refractivity contribution >= 4 is 34.7 Å². The summed E-state index contributed by atoms with van der Waals surface area (Å²) in [7, 11) is 1.73. The molecule has 0 unspecified atom stereocenters. The monoisotopic (exact) mass is 405 g/mol. The lowest BCUT2D eigenvalue weighted by Crippen LogP contribution is -2.46. The van der Waals surface area contributed by atoms with Crippen molar-refractivity contribution in [1.29, 1.82) is 0 Å². The molecule has 1 aliphatic rings. The average molecular weight is 405 g/mol. The summed E-state index contributed by atoms with van der Waals surface area (Å²) < 4.78 is 11.6. The highest BCUT2D eigenvalue weighted by molar-refractivity contribution is 5.99. The summed E-state index contributed by atoms with van der Waals surface area (Å²) in [6.45, 7) is 5.74. The summed E-state index contributed by atoms with van der Waals surface area (Å²) in [5, 5.41) is 3.77. The molecule has 0 fully saturated rings. The van der Waals surface area contributed by atoms with E-state index < -0.39 is 5.60 Å². The fourth-order valence-electron chi connectivity index (χ4n) is 3.27. The molecule has 0 spiro atoms. The quantitative estimate of drug-likeness (QED) is 0.665. The van der Waals surface area contributed by atoms with Gasteiger partial charge in [-0.25, -0.2) is 4.98 Å². The number of hydrogen-bond donors (Lipinski definition) is 1. The number of nitrogens with one attached hydrogen (secondary N) is 1. The number of anilines is 1. The topological polar surface area (TPSA) is 84.7 Å². The SMILES string of the molecule is Cc1c(CN(C)C(=O)/C=C/c2cnc3c(c2)OC(C)(C)C(=O)N3)oc2ccccc12. The molecule has 7 heteroatoms. The number of furan rings is 1. The van der Waals surface area contributed by atoms with Gasteiger partial charge in [-0.1, -0.05) is 18.2 Å². The molecule has 0 saturated heterocycles. The van der Waals surface area contributed by atoms with Crippen LogP contribution in [-0.4, -0.2) is 34.3 Å². The van der Waals surface area contributed by atoms with Crippen molar-refractivity contribution in [2.24, 2.45) is 0 Å². The van der Waals surface area contributed by atoms with Crippen LogP contribution in [0.5, 0.6) is 5.75 Å². The minimum atomic E-state index is -0.975. The number of amides is 2. The number of fused-ring (bicyclic) bond motifs is 2. The molecule has 0 saturated carbocycles. The molecule has 1 aromatic carbocycles. The maximum absolute atomic E-state index is 12.6. The highest BCUT2D eigenvalue weighted by Gasteiger charge is 2.36. The molecule has 0 radical (unpaired) electrons. The number of nitrogens with zero attached hydrogens (tertiary/aromatic N) is 2. The standard InChI is InChI=1S/C23H23N3O4/c1-14-16-7-5-6-8-17(16)29-19(14)13-26(4)20(27)10-9-15-11-18-21(24-12-15)25-22(28)23(2,3)30-18/h5-12H,13H2,1-4H3,(H,24,25,28)/b10-9+. The van der Waals surface area contributed by atoms with Gasteiger partial charge in [0.25, 0.3) is 5.91 Å². The molecule has 0 bridgehead atoms. The van der Waals surface area contributed by atoms with Crippen LogP contribution in [-0.2, 0) is 16.1 Å². The van der Waals surface area contributed by atoms with E-state index in [1.54, 1.807) is 44.1 Å². The van der Waals surface area contributed by atoms with E-state index in [-0.39, 0.29) is 11.8 Å². The molecule has 1 N–H and O–H groups in total. The van der Waals surface area contributed by atoms with Gasteiger partial charge in [0, 0.05) is 30.3 Å². The average Bonchev–Trinajstić information content (AvgIpc) is 3.02. The second-order valence-corrected chi connectivity index (χ2v) is 7.86. The molecule has 2 aromatic heterocycles. The van der Waals surface area contributed by atoms with Crippen molar-refractivity contribution in [2.45, 2.75) is 32.9 Å². The van der Waals surface area contributed by atoms with Crippen LogP contribution in [0.1, 0.15) is 30.7 Å². The molecule has 3 heterocycles. The highest BCUT2D eigenvalue weighted by atomic mass is 16.5. The van der Waals surface area contributed by atoms with E-state index in [1.165, 1.54) is 6.08 Å². The first-order chi connectivity index (χ1) is 14.2. The number of para-hydroxylation sites is 1. The van der Waals surface area contributed by atoms with E-state index in [9.17, 15) is 9.59 Å². The summed E-state index contributed by atoms with van der Waals surface area (Å²) in [4.78, 5) is 30.3. The molecule has 0 atom stereocenters. The van der Waals surface area contributed by atoms with Gasteiger partial charge in [0.2, 0.25) is 5.91 Å². The second-order valence-electron chi connectivity index (χ2n) is 7.86. The molecule has 30 heavy (non-hydrogen) atoms. The third-order valence-corrected chi connectivity index (χ3v) is 5.14. The Kier molecular flexibility index (Phi) is 4.81. The van der Waals surface area contributed by atoms with Crippen molar-refractivity contribution in [3.8, 4) is 5.75 Å². The Morgan fingerprint density at radius 3 is 2.83 bits per heavy atom. The second kappa shape index (κ2) is 7.33. The third kappa shape index (κ3) is 3.66. The van der Waals surface area contributed by atoms with Gasteiger partial charge in [-0.2, -0.15) is 0 Å². The molecule has 0 aliphatic carbocycles. The zero-order chi connectivity index (χ0) is 21.5. The highest BCUT2D eigenvalue weighted by Crippen LogP contribution is 2.32. The Bertz CT molecular complexity index is 1180. The number of pyridine rings is 1. The van der Waals surface area contributed by atoms with E-state index in [2.05, 4.69) is 10.3 Å². The zero-order valence-corrected chi connectivity index (χ0v) is 17.4. The van der Waals surface area contributed by atoms with Gasteiger partial charge in [-0.3, -0.25) is 9.59 Å². The minimum Gasteiger partial charge on any atom is -0.474 e. The predicted molar refractivity (Wildman–Crippen MR) is 114 cm³/mol. The summed E-state index contributed by atoms with van der Waals surface area (Å²) in [5.41, 5.74) is 1.58. The van der Waals surface area contributed by atoms with Crippen LogP contribution in [0.15, 0.2) is 47.0 Å². The molecule has 4 rings (SSSR count). The number of likely N-dealkylation sites (N-methyl/N-ethyl adjacent to an activating group) is 1. The van der Waals surface area contributed by atoms with Gasteiger partial charge in [0.05, 0.1) is 6.54 Å². The number of rotatable bonds is 4. The lowest BCUT2D eigenvalue weighted by molar-refractivity contribution is -0.129. The number of hydrogen-bond acceptors (Lipinski definition) is 5. The van der Waals surface area contributed by atoms with Crippen LogP contribution in [0.25, 0.3) is 17.0 Å². The van der Waals surface area contributed by atoms with Crippen molar-refractivity contribution in [2.75, 3.05) is 12.4 Å². The summed E-state index contributed by atoms with van der Waals surface area (Å²) >= 11 is 0. The Hall–Kier alpha value is -3.61. The summed E-state index contributed by atoms with van der Waals surface area (Å²) in [6.07, 6.45) is 4.73. The number of ether oxygens (including phenoxy) is 1. The fourth-order valence-corrected chi connectivity index (χ4v) is 3.27. The summed E-state index contributed by atoms with van der Waals surface area (Å²) in [6, 6.07) is 9.57. The van der Waals surface area contributed by atoms with Gasteiger partial charge in [-0.05, 0) is 44.5 Å². The van der Waals surface area contributed by atoms with E-state index in [4.69, 9.17) is 9.15 Å². The Labute approximate surface area is 174 Å². The van der Waals surface area contributed by atoms with Crippen LogP contribution in [0.3, 0.4) is 0 Å². The lowest BCUT2D eigenvalue weighted by atomic mass is 10.1. The van der Waals surface area contributed by atoms with Crippen LogP contribution in [0.4, 0.5) is 5.82 Å². The Morgan fingerprint density at radius 1 is 1.30 bits per heavy atom. The fraction of sp³-hybridized carbons (Fsp3) is 0.261. The molecular formula is C23H23N3O4. The van der Waals surface area contributed by atoms with Gasteiger partial charge < -0.3 is 19.4 Å². The maximum Gasteiger partial charge on any atom is 0.269 e. The van der Waals surface area contributed by atoms with E-state index in [0.717, 1.165) is 22.3 Å². The maximum atomic E-state index is 12.6. The van der Waals surface area contributed by atoms with Crippen LogP contribution >= 0.6 is 0 Å². The van der Waals surface area contributed by atoms with Crippen LogP contribution in [0, 0.1) is 6.92 Å². The lowest BCUT2D eigenvalue weighted by Gasteiger charge is -2.30. The molecule has 7 nitrogen and oxygen atoms in total. The molecule has 1 aliphatic heterocycles. The van der Waals surface area contributed by atoms with Crippen molar-refractivity contribution in [3.63, 3.8) is 0 Å². The van der Waals surface area contributed by atoms with Crippen molar-refractivity contribution < 1.29 is 18.7 Å². The minimum absolute atomic E-state index is 0.165. The first-order valence-corrected chi connectivity index (χ1v) is 9.65. The molecule has 3 aromatic rings. The first kappa shape index (κ1) is 19.7. The number of carbonyl (C=O) groups excluding carboxylic acids is 2. The van der Waals surface area contributed by atoms with E-state index in [1.807, 2.05) is 31.2 Å². The number of benzene rings is 1. The van der Waals surface area contributed by atoms with Gasteiger partial charge in [0.1, 0.15) is 11.3 Å². The largest absolute Gasteiger partial charge is 0.474 e. The molecule has 2 amide bonds. The van der Waals surface area contributed by atoms with Crippen LogP contribution < -0.4 is 10.1 Å². The number of carbonyl (C=O) groups is 2. The Morgan fingerprint density at radius 2 is 2.07 bits per heavy atom. The number of aromatic nitrogens is 1. The van der Waals surface area contributed by atoms with Gasteiger partial charge >= 0.3 is 0 Å². The third-order valence-electron chi connectivity index (χ3n) is 5.14. The zero-order valence-electron chi connectivity index (χ0n) is 17.4. The number of aryl methyl sites for hydroxylation is 1. The van der Waals surface area contributed by atoms with Gasteiger partial charge in [0.15, 0.2) is 17.2 Å². The van der Waals surface area contributed by atoms with E-state index >= 15 is 0 Å². The van der Waals surface area contributed by atoms with Gasteiger partial charge in [-0.15, -0.1) is 0 Å². The predicted octanol–water partition coefficient (Wildman–Crippen LogP) is 3.92. The Balaban J connectivity index is 1.47.